The SMILES string of the molecule is Cc1cc(O)cc(S(=O)(=O)c2c(C)cc(C)cc2O)c1. The highest BCUT2D eigenvalue weighted by atomic mass is 32.2. The Labute approximate surface area is 118 Å². The molecule has 0 radical (unpaired) electrons. The van der Waals surface area contributed by atoms with Crippen LogP contribution in [0.3, 0.4) is 0 Å². The molecule has 0 unspecified atom stereocenters. The van der Waals surface area contributed by atoms with Crippen LogP contribution >= 0.6 is 0 Å². The minimum atomic E-state index is -3.87. The van der Waals surface area contributed by atoms with Crippen molar-refractivity contribution in [1.29, 1.82) is 0 Å². The predicted octanol–water partition coefficient (Wildman–Crippen LogP) is 2.86. The second-order valence-electron chi connectivity index (χ2n) is 4.94. The molecule has 0 heterocycles. The van der Waals surface area contributed by atoms with Crippen LogP contribution in [-0.4, -0.2) is 18.6 Å². The minimum Gasteiger partial charge on any atom is -0.508 e. The average Bonchev–Trinajstić information content (AvgIpc) is 2.25. The normalized spacial score (nSPS) is 11.6. The summed E-state index contributed by atoms with van der Waals surface area (Å²) in [4.78, 5) is -0.148. The van der Waals surface area contributed by atoms with Crippen LogP contribution in [0, 0.1) is 20.8 Å². The maximum absolute atomic E-state index is 12.6. The lowest BCUT2D eigenvalue weighted by molar-refractivity contribution is 0.456. The molecule has 20 heavy (non-hydrogen) atoms. The molecule has 0 aromatic heterocycles. The summed E-state index contributed by atoms with van der Waals surface area (Å²) in [6, 6.07) is 7.23. The summed E-state index contributed by atoms with van der Waals surface area (Å²) in [7, 11) is -3.87. The number of benzene rings is 2. The largest absolute Gasteiger partial charge is 0.508 e. The van der Waals surface area contributed by atoms with Crippen LogP contribution in [0.5, 0.6) is 11.5 Å². The molecule has 2 N–H and O–H groups in total. The van der Waals surface area contributed by atoms with E-state index in [1.807, 2.05) is 0 Å². The number of phenolic OH excluding ortho intramolecular Hbond substituents is 2. The molecular weight excluding hydrogens is 276 g/mol. The lowest BCUT2D eigenvalue weighted by Gasteiger charge is -2.12. The Balaban J connectivity index is 2.73. The zero-order valence-corrected chi connectivity index (χ0v) is 12.3. The standard InChI is InChI=1S/C15H16O4S/c1-9-4-11(3)15(14(17)7-9)20(18,19)13-6-10(2)5-12(16)8-13/h4-8,16-17H,1-3H3. The van der Waals surface area contributed by atoms with Gasteiger partial charge in [-0.1, -0.05) is 6.07 Å². The van der Waals surface area contributed by atoms with Crippen molar-refractivity contribution in [3.05, 3.63) is 47.0 Å². The fourth-order valence-electron chi connectivity index (χ4n) is 2.28. The quantitative estimate of drug-likeness (QED) is 0.892. The minimum absolute atomic E-state index is 0.0303. The highest BCUT2D eigenvalue weighted by Crippen LogP contribution is 2.34. The number of hydrogen-bond donors (Lipinski definition) is 2. The smallest absolute Gasteiger partial charge is 0.210 e. The van der Waals surface area contributed by atoms with Gasteiger partial charge in [0.15, 0.2) is 0 Å². The van der Waals surface area contributed by atoms with Gasteiger partial charge in [0.05, 0.1) is 4.90 Å². The third-order valence-corrected chi connectivity index (χ3v) is 4.94. The van der Waals surface area contributed by atoms with Gasteiger partial charge in [0, 0.05) is 0 Å². The van der Waals surface area contributed by atoms with E-state index >= 15 is 0 Å². The lowest BCUT2D eigenvalue weighted by Crippen LogP contribution is -2.05. The summed E-state index contributed by atoms with van der Waals surface area (Å²) in [5, 5.41) is 19.5. The number of aromatic hydroxyl groups is 2. The molecule has 0 amide bonds. The van der Waals surface area contributed by atoms with E-state index in [2.05, 4.69) is 0 Å². The summed E-state index contributed by atoms with van der Waals surface area (Å²) < 4.78 is 25.2. The predicted molar refractivity (Wildman–Crippen MR) is 75.9 cm³/mol. The van der Waals surface area contributed by atoms with Crippen molar-refractivity contribution < 1.29 is 18.6 Å². The van der Waals surface area contributed by atoms with Crippen molar-refractivity contribution in [3.8, 4) is 11.5 Å². The Morgan fingerprint density at radius 3 is 2.00 bits per heavy atom. The van der Waals surface area contributed by atoms with Crippen molar-refractivity contribution in [2.45, 2.75) is 30.6 Å². The Morgan fingerprint density at radius 1 is 0.850 bits per heavy atom. The number of sulfone groups is 1. The van der Waals surface area contributed by atoms with E-state index in [0.717, 1.165) is 5.56 Å². The van der Waals surface area contributed by atoms with Gasteiger partial charge in [-0.25, -0.2) is 8.42 Å². The first kappa shape index (κ1) is 14.4. The third kappa shape index (κ3) is 2.49. The summed E-state index contributed by atoms with van der Waals surface area (Å²) in [5.41, 5.74) is 1.89. The van der Waals surface area contributed by atoms with E-state index in [1.165, 1.54) is 24.3 Å². The monoisotopic (exact) mass is 292 g/mol. The second kappa shape index (κ2) is 4.83. The third-order valence-electron chi connectivity index (χ3n) is 3.01. The van der Waals surface area contributed by atoms with Gasteiger partial charge in [0.1, 0.15) is 16.4 Å². The number of aryl methyl sites for hydroxylation is 3. The van der Waals surface area contributed by atoms with Crippen LogP contribution in [0.25, 0.3) is 0 Å². The van der Waals surface area contributed by atoms with Gasteiger partial charge in [-0.05, 0) is 61.7 Å². The van der Waals surface area contributed by atoms with E-state index in [9.17, 15) is 18.6 Å². The summed E-state index contributed by atoms with van der Waals surface area (Å²) in [6.07, 6.45) is 0. The average molecular weight is 292 g/mol. The van der Waals surface area contributed by atoms with Crippen molar-refractivity contribution in [1.82, 2.24) is 0 Å². The molecule has 0 aliphatic heterocycles. The molecule has 4 nitrogen and oxygen atoms in total. The zero-order valence-electron chi connectivity index (χ0n) is 11.5. The molecule has 5 heteroatoms. The molecule has 0 saturated carbocycles. The molecule has 0 bridgehead atoms. The van der Waals surface area contributed by atoms with Gasteiger partial charge in [-0.15, -0.1) is 0 Å². The topological polar surface area (TPSA) is 74.6 Å². The summed E-state index contributed by atoms with van der Waals surface area (Å²) in [5.74, 6) is -0.392. The second-order valence-corrected chi connectivity index (χ2v) is 6.82. The van der Waals surface area contributed by atoms with Crippen LogP contribution in [0.1, 0.15) is 16.7 Å². The first-order valence-corrected chi connectivity index (χ1v) is 7.56. The molecule has 2 rings (SSSR count). The van der Waals surface area contributed by atoms with Gasteiger partial charge >= 0.3 is 0 Å². The molecule has 0 atom stereocenters. The van der Waals surface area contributed by atoms with Crippen molar-refractivity contribution in [3.63, 3.8) is 0 Å². The van der Waals surface area contributed by atoms with Crippen LogP contribution in [0.4, 0.5) is 0 Å². The fourth-order valence-corrected chi connectivity index (χ4v) is 3.95. The Kier molecular flexibility index (Phi) is 3.48. The zero-order chi connectivity index (χ0) is 15.1. The molecule has 0 aliphatic rings. The Hall–Kier alpha value is -2.01. The molecule has 2 aromatic rings. The molecule has 0 spiro atoms. The van der Waals surface area contributed by atoms with Crippen LogP contribution in [0.2, 0.25) is 0 Å². The molecule has 0 fully saturated rings. The number of rotatable bonds is 2. The highest BCUT2D eigenvalue weighted by Gasteiger charge is 2.24. The van der Waals surface area contributed by atoms with E-state index in [-0.39, 0.29) is 21.3 Å². The number of hydrogen-bond acceptors (Lipinski definition) is 4. The van der Waals surface area contributed by atoms with Crippen LogP contribution in [-0.2, 0) is 9.84 Å². The molecule has 0 saturated heterocycles. The number of phenols is 2. The van der Waals surface area contributed by atoms with Gasteiger partial charge in [0.2, 0.25) is 9.84 Å². The maximum atomic E-state index is 12.6. The first-order chi connectivity index (χ1) is 9.21. The van der Waals surface area contributed by atoms with E-state index in [0.29, 0.717) is 11.1 Å². The van der Waals surface area contributed by atoms with E-state index < -0.39 is 9.84 Å². The van der Waals surface area contributed by atoms with Gasteiger partial charge in [-0.3, -0.25) is 0 Å². The van der Waals surface area contributed by atoms with E-state index in [1.54, 1.807) is 26.8 Å². The van der Waals surface area contributed by atoms with E-state index in [4.69, 9.17) is 0 Å². The first-order valence-electron chi connectivity index (χ1n) is 6.08. The Bertz CT molecular complexity index is 733. The highest BCUT2D eigenvalue weighted by molar-refractivity contribution is 7.91. The summed E-state index contributed by atoms with van der Waals surface area (Å²) in [6.45, 7) is 5.11. The lowest BCUT2D eigenvalue weighted by atomic mass is 10.1. The summed E-state index contributed by atoms with van der Waals surface area (Å²) >= 11 is 0. The van der Waals surface area contributed by atoms with Crippen LogP contribution < -0.4 is 0 Å². The molecule has 0 aliphatic carbocycles. The van der Waals surface area contributed by atoms with Gasteiger partial charge < -0.3 is 10.2 Å². The fraction of sp³-hybridized carbons (Fsp3) is 0.200. The Morgan fingerprint density at radius 2 is 1.45 bits per heavy atom. The van der Waals surface area contributed by atoms with Crippen molar-refractivity contribution in [2.24, 2.45) is 0 Å². The van der Waals surface area contributed by atoms with Crippen LogP contribution in [0.15, 0.2) is 40.1 Å². The molecule has 106 valence electrons. The van der Waals surface area contributed by atoms with Gasteiger partial charge in [-0.2, -0.15) is 0 Å². The maximum Gasteiger partial charge on any atom is 0.210 e. The molecule has 2 aromatic carbocycles. The van der Waals surface area contributed by atoms with Gasteiger partial charge in [0.25, 0.3) is 0 Å². The van der Waals surface area contributed by atoms with Crippen molar-refractivity contribution >= 4 is 9.84 Å². The van der Waals surface area contributed by atoms with Crippen molar-refractivity contribution in [2.75, 3.05) is 0 Å². The molecular formula is C15H16O4S.